The molecular formula is C11H8IN3. The summed E-state index contributed by atoms with van der Waals surface area (Å²) < 4.78 is 2.97. The normalized spacial score (nSPS) is 9.87. The Morgan fingerprint density at radius 3 is 3.00 bits per heavy atom. The van der Waals surface area contributed by atoms with Gasteiger partial charge < -0.3 is 0 Å². The van der Waals surface area contributed by atoms with E-state index in [9.17, 15) is 0 Å². The summed E-state index contributed by atoms with van der Waals surface area (Å²) in [5.41, 5.74) is 1.78. The predicted molar refractivity (Wildman–Crippen MR) is 65.2 cm³/mol. The lowest BCUT2D eigenvalue weighted by Crippen LogP contribution is -1.99. The van der Waals surface area contributed by atoms with Gasteiger partial charge in [-0.05, 0) is 40.3 Å². The highest BCUT2D eigenvalue weighted by molar-refractivity contribution is 14.1. The molecule has 0 fully saturated rings. The summed E-state index contributed by atoms with van der Waals surface area (Å²) in [6.07, 6.45) is 3.79. The Kier molecular flexibility index (Phi) is 3.02. The van der Waals surface area contributed by atoms with E-state index in [1.807, 2.05) is 35.3 Å². The van der Waals surface area contributed by atoms with E-state index in [0.29, 0.717) is 12.1 Å². The SMILES string of the molecule is N#Cc1cccc(Cn2cc(I)cn2)c1. The fourth-order valence-corrected chi connectivity index (χ4v) is 1.80. The minimum Gasteiger partial charge on any atom is -0.267 e. The Labute approximate surface area is 101 Å². The molecule has 0 N–H and O–H groups in total. The van der Waals surface area contributed by atoms with Crippen LogP contribution in [0, 0.1) is 14.9 Å². The van der Waals surface area contributed by atoms with Gasteiger partial charge in [0.15, 0.2) is 0 Å². The van der Waals surface area contributed by atoms with Crippen molar-refractivity contribution in [3.8, 4) is 6.07 Å². The van der Waals surface area contributed by atoms with Gasteiger partial charge in [0.1, 0.15) is 0 Å². The molecule has 0 radical (unpaired) electrons. The maximum Gasteiger partial charge on any atom is 0.0991 e. The number of rotatable bonds is 2. The van der Waals surface area contributed by atoms with Gasteiger partial charge in [0.25, 0.3) is 0 Å². The third-order valence-electron chi connectivity index (χ3n) is 2.00. The van der Waals surface area contributed by atoms with Gasteiger partial charge in [-0.15, -0.1) is 0 Å². The number of hydrogen-bond acceptors (Lipinski definition) is 2. The number of aromatic nitrogens is 2. The van der Waals surface area contributed by atoms with Crippen molar-refractivity contribution in [2.24, 2.45) is 0 Å². The number of nitrogens with zero attached hydrogens (tertiary/aromatic N) is 3. The largest absolute Gasteiger partial charge is 0.267 e. The van der Waals surface area contributed by atoms with Gasteiger partial charge in [-0.1, -0.05) is 12.1 Å². The molecule has 15 heavy (non-hydrogen) atoms. The molecule has 0 atom stereocenters. The van der Waals surface area contributed by atoms with Gasteiger partial charge in [0.2, 0.25) is 0 Å². The minimum atomic E-state index is 0.689. The summed E-state index contributed by atoms with van der Waals surface area (Å²) >= 11 is 2.22. The molecule has 0 unspecified atom stereocenters. The summed E-state index contributed by atoms with van der Waals surface area (Å²) in [6, 6.07) is 9.70. The first kappa shape index (κ1) is 10.2. The Hall–Kier alpha value is -1.35. The third kappa shape index (κ3) is 2.57. The molecule has 1 aromatic heterocycles. The van der Waals surface area contributed by atoms with E-state index in [-0.39, 0.29) is 0 Å². The molecule has 1 aromatic carbocycles. The standard InChI is InChI=1S/C11H8IN3/c12-11-6-14-15(8-11)7-10-3-1-2-9(4-10)5-13/h1-4,6,8H,7H2. The Bertz CT molecular complexity index is 511. The average Bonchev–Trinajstić information content (AvgIpc) is 2.64. The summed E-state index contributed by atoms with van der Waals surface area (Å²) in [6.45, 7) is 0.707. The first-order valence-corrected chi connectivity index (χ1v) is 5.53. The average molecular weight is 309 g/mol. The second-order valence-electron chi connectivity index (χ2n) is 3.17. The molecule has 0 bridgehead atoms. The van der Waals surface area contributed by atoms with E-state index >= 15 is 0 Å². The molecule has 0 saturated heterocycles. The van der Waals surface area contributed by atoms with Crippen molar-refractivity contribution in [2.75, 3.05) is 0 Å². The third-order valence-corrected chi connectivity index (χ3v) is 2.56. The summed E-state index contributed by atoms with van der Waals surface area (Å²) in [7, 11) is 0. The van der Waals surface area contributed by atoms with Crippen LogP contribution in [0.5, 0.6) is 0 Å². The van der Waals surface area contributed by atoms with E-state index in [2.05, 4.69) is 33.8 Å². The van der Waals surface area contributed by atoms with Crippen molar-refractivity contribution in [3.63, 3.8) is 0 Å². The van der Waals surface area contributed by atoms with Crippen LogP contribution in [0.25, 0.3) is 0 Å². The van der Waals surface area contributed by atoms with Crippen LogP contribution in [-0.4, -0.2) is 9.78 Å². The molecule has 2 rings (SSSR count). The number of hydrogen-bond donors (Lipinski definition) is 0. The van der Waals surface area contributed by atoms with Crippen LogP contribution in [-0.2, 0) is 6.54 Å². The Balaban J connectivity index is 2.21. The summed E-state index contributed by atoms with van der Waals surface area (Å²) in [4.78, 5) is 0. The molecule has 0 aliphatic heterocycles. The zero-order chi connectivity index (χ0) is 10.7. The van der Waals surface area contributed by atoms with Gasteiger partial charge in [0, 0.05) is 6.20 Å². The zero-order valence-electron chi connectivity index (χ0n) is 7.89. The van der Waals surface area contributed by atoms with Crippen molar-refractivity contribution in [3.05, 3.63) is 51.4 Å². The van der Waals surface area contributed by atoms with E-state index in [1.54, 1.807) is 6.07 Å². The number of halogens is 1. The van der Waals surface area contributed by atoms with Crippen molar-refractivity contribution in [1.82, 2.24) is 9.78 Å². The first-order chi connectivity index (χ1) is 7.28. The predicted octanol–water partition coefficient (Wildman–Crippen LogP) is 2.41. The fraction of sp³-hybridized carbons (Fsp3) is 0.0909. The second-order valence-corrected chi connectivity index (χ2v) is 4.41. The number of nitriles is 1. The summed E-state index contributed by atoms with van der Waals surface area (Å²) in [5, 5.41) is 13.0. The second kappa shape index (κ2) is 4.45. The molecular weight excluding hydrogens is 301 g/mol. The van der Waals surface area contributed by atoms with Crippen LogP contribution in [0.15, 0.2) is 36.7 Å². The molecule has 0 aliphatic carbocycles. The van der Waals surface area contributed by atoms with E-state index in [1.165, 1.54) is 0 Å². The molecule has 0 spiro atoms. The van der Waals surface area contributed by atoms with E-state index in [0.717, 1.165) is 9.13 Å². The lowest BCUT2D eigenvalue weighted by atomic mass is 10.1. The lowest BCUT2D eigenvalue weighted by molar-refractivity contribution is 0.686. The van der Waals surface area contributed by atoms with Crippen LogP contribution in [0.4, 0.5) is 0 Å². The maximum atomic E-state index is 8.76. The topological polar surface area (TPSA) is 41.6 Å². The van der Waals surface area contributed by atoms with Gasteiger partial charge in [0.05, 0.1) is 27.9 Å². The molecule has 4 heteroatoms. The van der Waals surface area contributed by atoms with Gasteiger partial charge >= 0.3 is 0 Å². The van der Waals surface area contributed by atoms with E-state index in [4.69, 9.17) is 5.26 Å². The Morgan fingerprint density at radius 1 is 1.47 bits per heavy atom. The lowest BCUT2D eigenvalue weighted by Gasteiger charge is -2.01. The molecule has 0 aliphatic rings. The molecule has 74 valence electrons. The van der Waals surface area contributed by atoms with Crippen molar-refractivity contribution >= 4 is 22.6 Å². The van der Waals surface area contributed by atoms with Crippen LogP contribution in [0.1, 0.15) is 11.1 Å². The van der Waals surface area contributed by atoms with Crippen LogP contribution in [0.2, 0.25) is 0 Å². The van der Waals surface area contributed by atoms with Crippen LogP contribution < -0.4 is 0 Å². The smallest absolute Gasteiger partial charge is 0.0991 e. The number of benzene rings is 1. The quantitative estimate of drug-likeness (QED) is 0.800. The maximum absolute atomic E-state index is 8.76. The molecule has 0 saturated carbocycles. The highest BCUT2D eigenvalue weighted by Gasteiger charge is 1.98. The highest BCUT2D eigenvalue weighted by Crippen LogP contribution is 2.07. The molecule has 2 aromatic rings. The zero-order valence-corrected chi connectivity index (χ0v) is 10.0. The van der Waals surface area contributed by atoms with Gasteiger partial charge in [-0.2, -0.15) is 10.4 Å². The van der Waals surface area contributed by atoms with Crippen LogP contribution in [0.3, 0.4) is 0 Å². The van der Waals surface area contributed by atoms with Crippen molar-refractivity contribution in [2.45, 2.75) is 6.54 Å². The van der Waals surface area contributed by atoms with Gasteiger partial charge in [-0.3, -0.25) is 4.68 Å². The monoisotopic (exact) mass is 309 g/mol. The molecule has 3 nitrogen and oxygen atoms in total. The highest BCUT2D eigenvalue weighted by atomic mass is 127. The van der Waals surface area contributed by atoms with E-state index < -0.39 is 0 Å². The summed E-state index contributed by atoms with van der Waals surface area (Å²) in [5.74, 6) is 0. The first-order valence-electron chi connectivity index (χ1n) is 4.45. The molecule has 0 amide bonds. The van der Waals surface area contributed by atoms with Crippen molar-refractivity contribution < 1.29 is 0 Å². The van der Waals surface area contributed by atoms with Gasteiger partial charge in [-0.25, -0.2) is 0 Å². The Morgan fingerprint density at radius 2 is 2.33 bits per heavy atom. The fourth-order valence-electron chi connectivity index (χ4n) is 1.35. The van der Waals surface area contributed by atoms with Crippen molar-refractivity contribution in [1.29, 1.82) is 5.26 Å². The van der Waals surface area contributed by atoms with Crippen LogP contribution >= 0.6 is 22.6 Å². The molecule has 1 heterocycles. The minimum absolute atomic E-state index is 0.689.